The van der Waals surface area contributed by atoms with Gasteiger partial charge in [-0.3, -0.25) is 0 Å². The largest absolute Gasteiger partial charge is 0.476 e. The second kappa shape index (κ2) is 5.16. The second-order valence-electron chi connectivity index (χ2n) is 3.72. The van der Waals surface area contributed by atoms with Gasteiger partial charge in [-0.05, 0) is 36.0 Å². The van der Waals surface area contributed by atoms with Gasteiger partial charge in [0.15, 0.2) is 5.69 Å². The molecule has 1 unspecified atom stereocenters. The highest BCUT2D eigenvalue weighted by molar-refractivity contribution is 7.99. The van der Waals surface area contributed by atoms with E-state index in [0.29, 0.717) is 11.7 Å². The van der Waals surface area contributed by atoms with Gasteiger partial charge in [0, 0.05) is 6.54 Å². The molecule has 1 aliphatic heterocycles. The summed E-state index contributed by atoms with van der Waals surface area (Å²) in [4.78, 5) is 10.6. The summed E-state index contributed by atoms with van der Waals surface area (Å²) in [6.07, 6.45) is 1.23. The highest BCUT2D eigenvalue weighted by atomic mass is 32.2. The van der Waals surface area contributed by atoms with Crippen LogP contribution in [0.3, 0.4) is 0 Å². The Kier molecular flexibility index (Phi) is 3.61. The predicted octanol–water partition coefficient (Wildman–Crippen LogP) is 1.34. The highest BCUT2D eigenvalue weighted by Gasteiger charge is 2.15. The average molecular weight is 239 g/mol. The zero-order valence-corrected chi connectivity index (χ0v) is 9.54. The number of carboxylic acids is 1. The molecule has 0 bridgehead atoms. The number of anilines is 1. The van der Waals surface area contributed by atoms with E-state index in [1.807, 2.05) is 11.8 Å². The van der Waals surface area contributed by atoms with E-state index in [-0.39, 0.29) is 5.69 Å². The van der Waals surface area contributed by atoms with E-state index in [1.165, 1.54) is 24.0 Å². The van der Waals surface area contributed by atoms with Crippen LogP contribution in [0.5, 0.6) is 0 Å². The number of carbonyl (C=O) groups is 1. The van der Waals surface area contributed by atoms with Crippen molar-refractivity contribution in [1.82, 2.24) is 10.2 Å². The Morgan fingerprint density at radius 1 is 1.56 bits per heavy atom. The van der Waals surface area contributed by atoms with Gasteiger partial charge < -0.3 is 10.4 Å². The zero-order valence-electron chi connectivity index (χ0n) is 8.72. The SMILES string of the molecule is O=C(O)c1ccc(NCC2CCSC2)nn1. The molecule has 0 saturated carbocycles. The molecule has 0 amide bonds. The van der Waals surface area contributed by atoms with Crippen LogP contribution >= 0.6 is 11.8 Å². The lowest BCUT2D eigenvalue weighted by Gasteiger charge is -2.09. The number of hydrogen-bond acceptors (Lipinski definition) is 5. The number of aromatic nitrogens is 2. The van der Waals surface area contributed by atoms with Gasteiger partial charge >= 0.3 is 5.97 Å². The molecule has 2 heterocycles. The summed E-state index contributed by atoms with van der Waals surface area (Å²) in [7, 11) is 0. The maximum Gasteiger partial charge on any atom is 0.356 e. The summed E-state index contributed by atoms with van der Waals surface area (Å²) in [6, 6.07) is 3.11. The summed E-state index contributed by atoms with van der Waals surface area (Å²) in [6.45, 7) is 0.883. The van der Waals surface area contributed by atoms with E-state index in [2.05, 4.69) is 15.5 Å². The number of nitrogens with one attached hydrogen (secondary N) is 1. The highest BCUT2D eigenvalue weighted by Crippen LogP contribution is 2.23. The summed E-state index contributed by atoms with van der Waals surface area (Å²) < 4.78 is 0. The molecular weight excluding hydrogens is 226 g/mol. The molecule has 5 nitrogen and oxygen atoms in total. The molecule has 1 aliphatic rings. The van der Waals surface area contributed by atoms with Gasteiger partial charge in [0.2, 0.25) is 0 Å². The number of aromatic carboxylic acids is 1. The molecule has 1 fully saturated rings. The van der Waals surface area contributed by atoms with Crippen LogP contribution in [0.1, 0.15) is 16.9 Å². The Labute approximate surface area is 97.7 Å². The Hall–Kier alpha value is -1.30. The second-order valence-corrected chi connectivity index (χ2v) is 4.87. The monoisotopic (exact) mass is 239 g/mol. The van der Waals surface area contributed by atoms with Crippen LogP contribution in [0.25, 0.3) is 0 Å². The Bertz CT molecular complexity index is 363. The summed E-state index contributed by atoms with van der Waals surface area (Å²) in [5.74, 6) is 2.70. The average Bonchev–Trinajstić information content (AvgIpc) is 2.80. The molecule has 1 saturated heterocycles. The third kappa shape index (κ3) is 2.85. The first-order valence-corrected chi connectivity index (χ1v) is 6.30. The van der Waals surface area contributed by atoms with E-state index >= 15 is 0 Å². The molecule has 0 radical (unpaired) electrons. The molecule has 1 aromatic heterocycles. The number of hydrogen-bond donors (Lipinski definition) is 2. The lowest BCUT2D eigenvalue weighted by Crippen LogP contribution is -2.15. The molecule has 1 atom stereocenters. The van der Waals surface area contributed by atoms with Gasteiger partial charge in [-0.15, -0.1) is 10.2 Å². The van der Waals surface area contributed by atoms with Crippen molar-refractivity contribution in [2.45, 2.75) is 6.42 Å². The standard InChI is InChI=1S/C10H13N3O2S/c14-10(15)8-1-2-9(13-12-8)11-5-7-3-4-16-6-7/h1-2,7H,3-6H2,(H,11,13)(H,14,15). The third-order valence-corrected chi connectivity index (χ3v) is 3.71. The smallest absolute Gasteiger partial charge is 0.356 e. The quantitative estimate of drug-likeness (QED) is 0.826. The maximum absolute atomic E-state index is 10.6. The first-order chi connectivity index (χ1) is 7.75. The molecule has 1 aromatic rings. The number of nitrogens with zero attached hydrogens (tertiary/aromatic N) is 2. The molecule has 0 spiro atoms. The normalized spacial score (nSPS) is 19.6. The minimum atomic E-state index is -1.05. The maximum atomic E-state index is 10.6. The van der Waals surface area contributed by atoms with E-state index in [9.17, 15) is 4.79 Å². The van der Waals surface area contributed by atoms with Crippen LogP contribution in [0, 0.1) is 5.92 Å². The molecule has 6 heteroatoms. The van der Waals surface area contributed by atoms with Gasteiger partial charge in [-0.2, -0.15) is 11.8 Å². The topological polar surface area (TPSA) is 75.1 Å². The molecule has 0 aromatic carbocycles. The minimum absolute atomic E-state index is 0.0260. The van der Waals surface area contributed by atoms with Crippen molar-refractivity contribution in [3.8, 4) is 0 Å². The first kappa shape index (κ1) is 11.2. The van der Waals surface area contributed by atoms with E-state index < -0.39 is 5.97 Å². The van der Waals surface area contributed by atoms with Crippen LogP contribution in [0.4, 0.5) is 5.82 Å². The van der Waals surface area contributed by atoms with E-state index in [4.69, 9.17) is 5.11 Å². The zero-order chi connectivity index (χ0) is 11.4. The van der Waals surface area contributed by atoms with Crippen molar-refractivity contribution >= 4 is 23.5 Å². The minimum Gasteiger partial charge on any atom is -0.476 e. The number of thioether (sulfide) groups is 1. The molecule has 86 valence electrons. The van der Waals surface area contributed by atoms with Crippen LogP contribution < -0.4 is 5.32 Å². The van der Waals surface area contributed by atoms with Gasteiger partial charge in [-0.25, -0.2) is 4.79 Å². The van der Waals surface area contributed by atoms with Crippen molar-refractivity contribution < 1.29 is 9.90 Å². The van der Waals surface area contributed by atoms with Gasteiger partial charge in [0.25, 0.3) is 0 Å². The Balaban J connectivity index is 1.87. The first-order valence-electron chi connectivity index (χ1n) is 5.14. The molecule has 16 heavy (non-hydrogen) atoms. The van der Waals surface area contributed by atoms with Crippen LogP contribution in [0.15, 0.2) is 12.1 Å². The van der Waals surface area contributed by atoms with E-state index in [1.54, 1.807) is 6.07 Å². The number of rotatable bonds is 4. The van der Waals surface area contributed by atoms with Crippen LogP contribution in [0.2, 0.25) is 0 Å². The molecule has 2 N–H and O–H groups in total. The Morgan fingerprint density at radius 2 is 2.44 bits per heavy atom. The van der Waals surface area contributed by atoms with Crippen molar-refractivity contribution in [1.29, 1.82) is 0 Å². The fraction of sp³-hybridized carbons (Fsp3) is 0.500. The predicted molar refractivity (Wildman–Crippen MR) is 62.9 cm³/mol. The van der Waals surface area contributed by atoms with Crippen molar-refractivity contribution in [3.05, 3.63) is 17.8 Å². The molecular formula is C10H13N3O2S. The molecule has 0 aliphatic carbocycles. The van der Waals surface area contributed by atoms with E-state index in [0.717, 1.165) is 6.54 Å². The number of carboxylic acid groups (broad SMARTS) is 1. The summed E-state index contributed by atoms with van der Waals surface area (Å²) in [5, 5.41) is 19.2. The Morgan fingerprint density at radius 3 is 3.00 bits per heavy atom. The van der Waals surface area contributed by atoms with Crippen molar-refractivity contribution in [2.24, 2.45) is 5.92 Å². The van der Waals surface area contributed by atoms with Crippen LogP contribution in [-0.4, -0.2) is 39.3 Å². The van der Waals surface area contributed by atoms with Gasteiger partial charge in [0.05, 0.1) is 0 Å². The fourth-order valence-electron chi connectivity index (χ4n) is 1.53. The van der Waals surface area contributed by atoms with Gasteiger partial charge in [-0.1, -0.05) is 0 Å². The molecule has 2 rings (SSSR count). The van der Waals surface area contributed by atoms with Gasteiger partial charge in [0.1, 0.15) is 5.82 Å². The van der Waals surface area contributed by atoms with Crippen molar-refractivity contribution in [2.75, 3.05) is 23.4 Å². The lowest BCUT2D eigenvalue weighted by molar-refractivity contribution is 0.0689. The summed E-state index contributed by atoms with van der Waals surface area (Å²) in [5.41, 5.74) is -0.0260. The van der Waals surface area contributed by atoms with Crippen LogP contribution in [-0.2, 0) is 0 Å². The van der Waals surface area contributed by atoms with Crippen molar-refractivity contribution in [3.63, 3.8) is 0 Å². The third-order valence-electron chi connectivity index (χ3n) is 2.48. The summed E-state index contributed by atoms with van der Waals surface area (Å²) >= 11 is 1.97. The fourth-order valence-corrected chi connectivity index (χ4v) is 2.82. The lowest BCUT2D eigenvalue weighted by atomic mass is 10.1.